The van der Waals surface area contributed by atoms with E-state index in [4.69, 9.17) is 4.74 Å². The van der Waals surface area contributed by atoms with Gasteiger partial charge in [0.05, 0.1) is 22.9 Å². The smallest absolute Gasteiger partial charge is 0.327 e. The summed E-state index contributed by atoms with van der Waals surface area (Å²) in [5.74, 6) is -0.540. The van der Waals surface area contributed by atoms with Crippen LogP contribution in [-0.4, -0.2) is 71.0 Å². The number of amides is 4. The first-order valence-corrected chi connectivity index (χ1v) is 12.2. The van der Waals surface area contributed by atoms with Crippen LogP contribution in [0.15, 0.2) is 24.3 Å². The number of thiazole rings is 1. The molecule has 1 aromatic heterocycles. The van der Waals surface area contributed by atoms with Crippen LogP contribution in [0.25, 0.3) is 10.2 Å². The fourth-order valence-corrected chi connectivity index (χ4v) is 6.14. The van der Waals surface area contributed by atoms with E-state index < -0.39 is 5.54 Å². The molecule has 5 rings (SSSR count). The third kappa shape index (κ3) is 3.57. The van der Waals surface area contributed by atoms with Gasteiger partial charge < -0.3 is 9.64 Å². The topological polar surface area (TPSA) is 83.1 Å². The van der Waals surface area contributed by atoms with Crippen LogP contribution in [0.5, 0.6) is 0 Å². The van der Waals surface area contributed by atoms with Gasteiger partial charge >= 0.3 is 6.03 Å². The van der Waals surface area contributed by atoms with Crippen molar-refractivity contribution in [3.05, 3.63) is 24.3 Å². The van der Waals surface area contributed by atoms with Crippen LogP contribution in [0.3, 0.4) is 0 Å². The number of rotatable bonds is 5. The van der Waals surface area contributed by atoms with Gasteiger partial charge in [0, 0.05) is 13.7 Å². The maximum atomic E-state index is 13.5. The number of imide groups is 1. The first-order chi connectivity index (χ1) is 15.5. The Morgan fingerprint density at radius 3 is 2.72 bits per heavy atom. The molecule has 170 valence electrons. The van der Waals surface area contributed by atoms with Crippen molar-refractivity contribution in [1.29, 1.82) is 0 Å². The second-order valence-electron chi connectivity index (χ2n) is 8.93. The van der Waals surface area contributed by atoms with E-state index in [0.717, 1.165) is 47.2 Å². The third-order valence-electron chi connectivity index (χ3n) is 7.00. The highest BCUT2D eigenvalue weighted by molar-refractivity contribution is 7.22. The number of anilines is 1. The molecular formula is C23H28N4O4S. The second-order valence-corrected chi connectivity index (χ2v) is 9.94. The summed E-state index contributed by atoms with van der Waals surface area (Å²) in [5, 5.41) is 0.575. The van der Waals surface area contributed by atoms with Crippen LogP contribution < -0.4 is 4.90 Å². The van der Waals surface area contributed by atoms with E-state index in [-0.39, 0.29) is 30.5 Å². The molecule has 1 aromatic carbocycles. The number of likely N-dealkylation sites (N-methyl/N-ethyl adjacent to an activating group) is 1. The van der Waals surface area contributed by atoms with Crippen molar-refractivity contribution in [3.8, 4) is 0 Å². The molecule has 0 bridgehead atoms. The highest BCUT2D eigenvalue weighted by atomic mass is 32.1. The Bertz CT molecular complexity index is 1010. The predicted octanol–water partition coefficient (Wildman–Crippen LogP) is 3.41. The fraction of sp³-hybridized carbons (Fsp3) is 0.565. The van der Waals surface area contributed by atoms with Crippen LogP contribution in [0.2, 0.25) is 0 Å². The number of para-hydroxylation sites is 1. The zero-order valence-electron chi connectivity index (χ0n) is 18.3. The molecule has 8 nitrogen and oxygen atoms in total. The lowest BCUT2D eigenvalue weighted by molar-refractivity contribution is -0.136. The monoisotopic (exact) mass is 456 g/mol. The number of fused-ring (bicyclic) bond motifs is 1. The van der Waals surface area contributed by atoms with Crippen molar-refractivity contribution >= 4 is 44.5 Å². The van der Waals surface area contributed by atoms with Gasteiger partial charge in [-0.1, -0.05) is 42.7 Å². The van der Waals surface area contributed by atoms with Crippen LogP contribution in [0.1, 0.15) is 44.9 Å². The average Bonchev–Trinajstić information content (AvgIpc) is 3.52. The Morgan fingerprint density at radius 2 is 2.00 bits per heavy atom. The van der Waals surface area contributed by atoms with Gasteiger partial charge in [0.1, 0.15) is 12.1 Å². The molecule has 1 spiro atoms. The lowest BCUT2D eigenvalue weighted by atomic mass is 9.81. The number of carbonyl (C=O) groups excluding carboxylic acids is 3. The summed E-state index contributed by atoms with van der Waals surface area (Å²) in [7, 11) is 1.69. The average molecular weight is 457 g/mol. The molecule has 3 fully saturated rings. The van der Waals surface area contributed by atoms with Gasteiger partial charge in [-0.15, -0.1) is 0 Å². The predicted molar refractivity (Wildman–Crippen MR) is 122 cm³/mol. The van der Waals surface area contributed by atoms with Crippen molar-refractivity contribution in [3.63, 3.8) is 0 Å². The number of urea groups is 1. The van der Waals surface area contributed by atoms with E-state index in [2.05, 4.69) is 4.98 Å². The number of benzene rings is 1. The molecule has 2 aliphatic heterocycles. The summed E-state index contributed by atoms with van der Waals surface area (Å²) >= 11 is 1.44. The Hall–Kier alpha value is -2.52. The molecule has 1 aliphatic carbocycles. The molecule has 0 N–H and O–H groups in total. The normalized spacial score (nSPS) is 23.0. The van der Waals surface area contributed by atoms with E-state index in [1.54, 1.807) is 16.8 Å². The van der Waals surface area contributed by atoms with Gasteiger partial charge in [0.15, 0.2) is 5.13 Å². The highest BCUT2D eigenvalue weighted by Crippen LogP contribution is 2.39. The molecule has 2 aromatic rings. The minimum atomic E-state index is -0.787. The zero-order chi connectivity index (χ0) is 22.3. The molecule has 0 radical (unpaired) electrons. The number of nitrogens with zero attached hydrogens (tertiary/aromatic N) is 4. The third-order valence-corrected chi connectivity index (χ3v) is 8.06. The molecule has 1 atom stereocenters. The van der Waals surface area contributed by atoms with Gasteiger partial charge in [-0.3, -0.25) is 19.4 Å². The van der Waals surface area contributed by atoms with Gasteiger partial charge in [0.25, 0.3) is 5.91 Å². The van der Waals surface area contributed by atoms with Gasteiger partial charge in [0.2, 0.25) is 5.91 Å². The maximum Gasteiger partial charge on any atom is 0.327 e. The van der Waals surface area contributed by atoms with E-state index in [1.165, 1.54) is 11.3 Å². The maximum absolute atomic E-state index is 13.5. The minimum absolute atomic E-state index is 0.0664. The van der Waals surface area contributed by atoms with Gasteiger partial charge in [-0.2, -0.15) is 0 Å². The number of carbonyl (C=O) groups is 3. The van der Waals surface area contributed by atoms with E-state index in [9.17, 15) is 14.4 Å². The standard InChI is InChI=1S/C23H28N4O4S/c1-25-22(30)27(20(29)23(25)11-5-2-6-12-23)15-19(28)26(14-16-8-7-13-31-16)21-24-17-9-3-4-10-18(17)32-21/h3-4,9-10,16H,2,5-8,11-15H2,1H3/t16-/m0/s1. The fourth-order valence-electron chi connectivity index (χ4n) is 5.15. The molecule has 4 amide bonds. The summed E-state index contributed by atoms with van der Waals surface area (Å²) in [5.41, 5.74) is 0.0390. The first kappa shape index (κ1) is 21.3. The van der Waals surface area contributed by atoms with Crippen LogP contribution in [0, 0.1) is 0 Å². The van der Waals surface area contributed by atoms with Crippen LogP contribution in [-0.2, 0) is 14.3 Å². The summed E-state index contributed by atoms with van der Waals surface area (Å²) < 4.78 is 6.76. The van der Waals surface area contributed by atoms with Gasteiger partial charge in [-0.05, 0) is 37.8 Å². The quantitative estimate of drug-likeness (QED) is 0.644. The van der Waals surface area contributed by atoms with Gasteiger partial charge in [-0.25, -0.2) is 9.78 Å². The molecule has 32 heavy (non-hydrogen) atoms. The van der Waals surface area contributed by atoms with E-state index in [0.29, 0.717) is 31.1 Å². The SMILES string of the molecule is CN1C(=O)N(CC(=O)N(C[C@@H]2CCCO2)c2nc3ccccc3s2)C(=O)C12CCCCC2. The van der Waals surface area contributed by atoms with E-state index in [1.807, 2.05) is 24.3 Å². The number of hydrogen-bond acceptors (Lipinski definition) is 6. The number of hydrogen-bond donors (Lipinski definition) is 0. The minimum Gasteiger partial charge on any atom is -0.376 e. The van der Waals surface area contributed by atoms with Crippen molar-refractivity contribution in [2.45, 2.75) is 56.6 Å². The van der Waals surface area contributed by atoms with E-state index >= 15 is 0 Å². The van der Waals surface area contributed by atoms with Crippen molar-refractivity contribution in [2.75, 3.05) is 31.6 Å². The summed E-state index contributed by atoms with van der Waals surface area (Å²) in [6, 6.07) is 7.36. The Kier molecular flexibility index (Phi) is 5.63. The summed E-state index contributed by atoms with van der Waals surface area (Å²) in [6.45, 7) is 0.783. The molecule has 3 heterocycles. The highest BCUT2D eigenvalue weighted by Gasteiger charge is 2.56. The lowest BCUT2D eigenvalue weighted by Gasteiger charge is -2.35. The molecule has 1 saturated carbocycles. The van der Waals surface area contributed by atoms with Crippen LogP contribution in [0.4, 0.5) is 9.93 Å². The number of aromatic nitrogens is 1. The van der Waals surface area contributed by atoms with Crippen molar-refractivity contribution in [2.24, 2.45) is 0 Å². The van der Waals surface area contributed by atoms with Crippen LogP contribution >= 0.6 is 11.3 Å². The molecule has 3 aliphatic rings. The molecule has 9 heteroatoms. The first-order valence-electron chi connectivity index (χ1n) is 11.4. The Morgan fingerprint density at radius 1 is 1.22 bits per heavy atom. The summed E-state index contributed by atoms with van der Waals surface area (Å²) in [4.78, 5) is 48.8. The number of ether oxygens (including phenoxy) is 1. The lowest BCUT2D eigenvalue weighted by Crippen LogP contribution is -2.50. The molecular weight excluding hydrogens is 428 g/mol. The second kappa shape index (κ2) is 8.44. The Labute approximate surface area is 191 Å². The van der Waals surface area contributed by atoms with Crippen molar-refractivity contribution in [1.82, 2.24) is 14.8 Å². The summed E-state index contributed by atoms with van der Waals surface area (Å²) in [6.07, 6.45) is 6.01. The Balaban J connectivity index is 1.41. The molecule has 0 unspecified atom stereocenters. The molecule has 2 saturated heterocycles. The largest absolute Gasteiger partial charge is 0.376 e. The van der Waals surface area contributed by atoms with Crippen molar-refractivity contribution < 1.29 is 19.1 Å². The zero-order valence-corrected chi connectivity index (χ0v) is 19.1.